The maximum atomic E-state index is 10.5. The van der Waals surface area contributed by atoms with Crippen LogP contribution in [0.15, 0.2) is 16.7 Å². The van der Waals surface area contributed by atoms with Crippen LogP contribution in [0.25, 0.3) is 0 Å². The van der Waals surface area contributed by atoms with E-state index in [0.29, 0.717) is 0 Å². The van der Waals surface area contributed by atoms with Gasteiger partial charge in [-0.25, -0.2) is 0 Å². The summed E-state index contributed by atoms with van der Waals surface area (Å²) in [5.74, 6) is 0. The van der Waals surface area contributed by atoms with Crippen LogP contribution in [-0.2, 0) is 4.57 Å². The van der Waals surface area contributed by atoms with Crippen molar-refractivity contribution in [2.45, 2.75) is 0 Å². The summed E-state index contributed by atoms with van der Waals surface area (Å²) in [6, 6.07) is 1.40. The average Bonchev–Trinajstić information content (AvgIpc) is 2.11. The lowest BCUT2D eigenvalue weighted by Crippen LogP contribution is -2.02. The zero-order valence-electron chi connectivity index (χ0n) is 5.02. The number of hydrogen-bond acceptors (Lipinski definition) is 2. The second-order valence-corrected chi connectivity index (χ2v) is 3.29. The van der Waals surface area contributed by atoms with E-state index in [9.17, 15) is 4.57 Å². The smallest absolute Gasteiger partial charge is 0.391 e. The SMILES string of the molecule is [CH2]c1ccoc1P(=O)(O)O. The Morgan fingerprint density at radius 2 is 2.20 bits per heavy atom. The molecule has 2 N–H and O–H groups in total. The van der Waals surface area contributed by atoms with Gasteiger partial charge in [0.1, 0.15) is 0 Å². The molecule has 0 amide bonds. The van der Waals surface area contributed by atoms with Crippen LogP contribution in [0.5, 0.6) is 0 Å². The molecule has 0 saturated heterocycles. The van der Waals surface area contributed by atoms with Crippen LogP contribution in [0.1, 0.15) is 5.56 Å². The third kappa shape index (κ3) is 1.29. The fourth-order valence-electron chi connectivity index (χ4n) is 0.583. The summed E-state index contributed by atoms with van der Waals surface area (Å²) in [5.41, 5.74) is -0.124. The van der Waals surface area contributed by atoms with Gasteiger partial charge in [0.2, 0.25) is 5.50 Å². The summed E-state index contributed by atoms with van der Waals surface area (Å²) in [6.45, 7) is 3.36. The molecule has 55 valence electrons. The van der Waals surface area contributed by atoms with Crippen LogP contribution >= 0.6 is 7.60 Å². The number of furan rings is 1. The van der Waals surface area contributed by atoms with Gasteiger partial charge in [-0.2, -0.15) is 0 Å². The van der Waals surface area contributed by atoms with E-state index in [1.54, 1.807) is 0 Å². The third-order valence-corrected chi connectivity index (χ3v) is 1.91. The summed E-state index contributed by atoms with van der Waals surface area (Å²) in [4.78, 5) is 17.1. The summed E-state index contributed by atoms with van der Waals surface area (Å²) >= 11 is 0. The van der Waals surface area contributed by atoms with Crippen molar-refractivity contribution in [2.24, 2.45) is 0 Å². The lowest BCUT2D eigenvalue weighted by molar-refractivity contribution is 0.376. The van der Waals surface area contributed by atoms with Gasteiger partial charge in [0.25, 0.3) is 0 Å². The van der Waals surface area contributed by atoms with Gasteiger partial charge >= 0.3 is 7.60 Å². The summed E-state index contributed by atoms with van der Waals surface area (Å²) in [7, 11) is -4.24. The Hall–Kier alpha value is -0.570. The zero-order chi connectivity index (χ0) is 7.78. The van der Waals surface area contributed by atoms with Crippen LogP contribution < -0.4 is 5.50 Å². The predicted octanol–water partition coefficient (Wildman–Crippen LogP) is 0.265. The molecule has 5 heteroatoms. The van der Waals surface area contributed by atoms with Crippen LogP contribution in [-0.4, -0.2) is 9.79 Å². The molecule has 0 aromatic carbocycles. The molecule has 4 nitrogen and oxygen atoms in total. The van der Waals surface area contributed by atoms with E-state index in [-0.39, 0.29) is 11.1 Å². The second-order valence-electron chi connectivity index (χ2n) is 1.80. The van der Waals surface area contributed by atoms with E-state index in [0.717, 1.165) is 0 Å². The van der Waals surface area contributed by atoms with Crippen LogP contribution in [0, 0.1) is 6.92 Å². The van der Waals surface area contributed by atoms with Gasteiger partial charge in [0.15, 0.2) is 0 Å². The van der Waals surface area contributed by atoms with Crippen molar-refractivity contribution in [1.29, 1.82) is 0 Å². The monoisotopic (exact) mass is 161 g/mol. The highest BCUT2D eigenvalue weighted by Crippen LogP contribution is 2.34. The molecule has 1 aromatic rings. The summed E-state index contributed by atoms with van der Waals surface area (Å²) in [5, 5.41) is 0. The molecule has 0 aliphatic rings. The van der Waals surface area contributed by atoms with Gasteiger partial charge in [0, 0.05) is 5.56 Å². The topological polar surface area (TPSA) is 70.7 Å². The molecule has 0 spiro atoms. The molecule has 1 rings (SSSR count). The first-order valence-corrected chi connectivity index (χ1v) is 4.08. The molecule has 1 heterocycles. The van der Waals surface area contributed by atoms with Crippen molar-refractivity contribution in [2.75, 3.05) is 0 Å². The van der Waals surface area contributed by atoms with Crippen molar-refractivity contribution in [1.82, 2.24) is 0 Å². The normalized spacial score (nSPS) is 11.9. The van der Waals surface area contributed by atoms with Crippen molar-refractivity contribution < 1.29 is 18.8 Å². The first-order valence-electron chi connectivity index (χ1n) is 2.47. The lowest BCUT2D eigenvalue weighted by Gasteiger charge is -1.98. The molecule has 0 aliphatic heterocycles. The van der Waals surface area contributed by atoms with Gasteiger partial charge in [0.05, 0.1) is 6.26 Å². The third-order valence-electron chi connectivity index (χ3n) is 0.988. The zero-order valence-corrected chi connectivity index (χ0v) is 5.91. The fraction of sp³-hybridized carbons (Fsp3) is 0. The highest BCUT2D eigenvalue weighted by Gasteiger charge is 2.23. The first-order chi connectivity index (χ1) is 4.52. The number of rotatable bonds is 1. The van der Waals surface area contributed by atoms with E-state index >= 15 is 0 Å². The van der Waals surface area contributed by atoms with E-state index in [1.165, 1.54) is 12.3 Å². The molecule has 0 atom stereocenters. The predicted molar refractivity (Wildman–Crippen MR) is 34.8 cm³/mol. The highest BCUT2D eigenvalue weighted by atomic mass is 31.2. The highest BCUT2D eigenvalue weighted by molar-refractivity contribution is 7.59. The fourth-order valence-corrected chi connectivity index (χ4v) is 1.23. The van der Waals surface area contributed by atoms with Gasteiger partial charge in [-0.05, 0) is 13.0 Å². The average molecular weight is 161 g/mol. The van der Waals surface area contributed by atoms with Gasteiger partial charge in [-0.3, -0.25) is 4.57 Å². The minimum absolute atomic E-state index is 0.230. The molecular formula is C5H6O4P. The quantitative estimate of drug-likeness (QED) is 0.579. The van der Waals surface area contributed by atoms with Gasteiger partial charge < -0.3 is 14.2 Å². The van der Waals surface area contributed by atoms with E-state index < -0.39 is 7.60 Å². The molecule has 1 radical (unpaired) electrons. The molecule has 10 heavy (non-hydrogen) atoms. The van der Waals surface area contributed by atoms with Gasteiger partial charge in [-0.1, -0.05) is 0 Å². The minimum Gasteiger partial charge on any atom is -0.456 e. The largest absolute Gasteiger partial charge is 0.456 e. The van der Waals surface area contributed by atoms with Crippen LogP contribution in [0.2, 0.25) is 0 Å². The van der Waals surface area contributed by atoms with Crippen LogP contribution in [0.4, 0.5) is 0 Å². The summed E-state index contributed by atoms with van der Waals surface area (Å²) in [6.07, 6.45) is 1.19. The Morgan fingerprint density at radius 3 is 2.40 bits per heavy atom. The van der Waals surface area contributed by atoms with Crippen molar-refractivity contribution in [3.8, 4) is 0 Å². The molecule has 0 unspecified atom stereocenters. The Morgan fingerprint density at radius 1 is 1.60 bits per heavy atom. The maximum Gasteiger partial charge on any atom is 0.391 e. The maximum absolute atomic E-state index is 10.5. The van der Waals surface area contributed by atoms with Crippen molar-refractivity contribution >= 4 is 13.1 Å². The molecule has 0 aliphatic carbocycles. The van der Waals surface area contributed by atoms with E-state index in [1.807, 2.05) is 0 Å². The second kappa shape index (κ2) is 2.23. The molecule has 0 fully saturated rings. The van der Waals surface area contributed by atoms with Crippen molar-refractivity contribution in [3.63, 3.8) is 0 Å². The van der Waals surface area contributed by atoms with E-state index in [2.05, 4.69) is 11.3 Å². The minimum atomic E-state index is -4.24. The van der Waals surface area contributed by atoms with E-state index in [4.69, 9.17) is 9.79 Å². The van der Waals surface area contributed by atoms with Crippen LogP contribution in [0.3, 0.4) is 0 Å². The Bertz CT molecular complexity index is 271. The Labute approximate surface area is 57.6 Å². The Kier molecular flexibility index (Phi) is 1.68. The molecular weight excluding hydrogens is 155 g/mol. The lowest BCUT2D eigenvalue weighted by atomic mass is 10.4. The molecule has 0 saturated carbocycles. The van der Waals surface area contributed by atoms with Gasteiger partial charge in [-0.15, -0.1) is 0 Å². The Balaban J connectivity index is 3.18. The van der Waals surface area contributed by atoms with Crippen molar-refractivity contribution in [3.05, 3.63) is 24.8 Å². The number of hydrogen-bond donors (Lipinski definition) is 2. The standard InChI is InChI=1S/C5H6O4P/c1-4-2-3-9-5(4)10(6,7)8/h2-3H,1H2,(H2,6,7,8). The first kappa shape index (κ1) is 7.54. The molecule has 0 bridgehead atoms. The summed E-state index contributed by atoms with van der Waals surface area (Å²) < 4.78 is 15.0. The molecule has 1 aromatic heterocycles.